The first-order chi connectivity index (χ1) is 16.0. The number of hydrogen-bond acceptors (Lipinski definition) is 4. The van der Waals surface area contributed by atoms with E-state index in [9.17, 15) is 9.59 Å². The summed E-state index contributed by atoms with van der Waals surface area (Å²) in [7, 11) is 1.76. The molecule has 4 rings (SSSR count). The van der Waals surface area contributed by atoms with E-state index >= 15 is 0 Å². The molecule has 0 radical (unpaired) electrons. The van der Waals surface area contributed by atoms with Gasteiger partial charge in [0.1, 0.15) is 0 Å². The van der Waals surface area contributed by atoms with Crippen LogP contribution in [0.2, 0.25) is 0 Å². The van der Waals surface area contributed by atoms with E-state index < -0.39 is 0 Å². The van der Waals surface area contributed by atoms with Crippen LogP contribution in [0.5, 0.6) is 0 Å². The van der Waals surface area contributed by atoms with E-state index in [0.717, 1.165) is 18.7 Å². The van der Waals surface area contributed by atoms with Crippen molar-refractivity contribution in [3.05, 3.63) is 100 Å². The van der Waals surface area contributed by atoms with Crippen LogP contribution in [0.3, 0.4) is 0 Å². The van der Waals surface area contributed by atoms with Crippen LogP contribution in [0.4, 0.5) is 5.69 Å². The lowest BCUT2D eigenvalue weighted by atomic mass is 10.1. The van der Waals surface area contributed by atoms with Crippen LogP contribution >= 0.6 is 0 Å². The number of anilines is 1. The van der Waals surface area contributed by atoms with Crippen molar-refractivity contribution in [2.75, 3.05) is 25.0 Å². The molecule has 0 aliphatic rings. The molecule has 0 bridgehead atoms. The first kappa shape index (κ1) is 22.3. The second-order valence-corrected chi connectivity index (χ2v) is 7.95. The minimum absolute atomic E-state index is 0.233. The number of carbonyl (C=O) groups is 1. The van der Waals surface area contributed by atoms with Crippen molar-refractivity contribution in [1.82, 2.24) is 14.7 Å². The summed E-state index contributed by atoms with van der Waals surface area (Å²) < 4.78 is 1.31. The highest BCUT2D eigenvalue weighted by Crippen LogP contribution is 2.19. The van der Waals surface area contributed by atoms with Crippen LogP contribution in [0.15, 0.2) is 83.7 Å². The summed E-state index contributed by atoms with van der Waals surface area (Å²) in [5.74, 6) is -0.233. The third kappa shape index (κ3) is 4.51. The summed E-state index contributed by atoms with van der Waals surface area (Å²) in [6.07, 6.45) is 0. The number of carbonyl (C=O) groups excluding carboxylic acids is 1. The Hall–Kier alpha value is -3.93. The quantitative estimate of drug-likeness (QED) is 0.424. The molecule has 3 aromatic carbocycles. The number of nitrogens with zero attached hydrogens (tertiary/aromatic N) is 4. The van der Waals surface area contributed by atoms with Crippen LogP contribution < -0.4 is 10.5 Å². The second-order valence-electron chi connectivity index (χ2n) is 7.95. The Bertz CT molecular complexity index is 1310. The third-order valence-electron chi connectivity index (χ3n) is 5.84. The Morgan fingerprint density at radius 2 is 1.45 bits per heavy atom. The number of para-hydroxylation sites is 1. The van der Waals surface area contributed by atoms with Crippen molar-refractivity contribution < 1.29 is 4.79 Å². The fourth-order valence-electron chi connectivity index (χ4n) is 4.02. The van der Waals surface area contributed by atoms with E-state index in [1.165, 1.54) is 10.4 Å². The van der Waals surface area contributed by atoms with Crippen LogP contribution in [-0.2, 0) is 6.54 Å². The summed E-state index contributed by atoms with van der Waals surface area (Å²) >= 11 is 0. The minimum atomic E-state index is -0.247. The number of hydrogen-bond donors (Lipinski definition) is 0. The zero-order valence-corrected chi connectivity index (χ0v) is 19.2. The summed E-state index contributed by atoms with van der Waals surface area (Å²) in [5, 5.41) is 5.53. The van der Waals surface area contributed by atoms with Gasteiger partial charge in [-0.25, -0.2) is 0 Å². The molecule has 1 amide bonds. The van der Waals surface area contributed by atoms with Gasteiger partial charge in [0.15, 0.2) is 5.69 Å². The lowest BCUT2D eigenvalue weighted by molar-refractivity contribution is 0.0779. The summed E-state index contributed by atoms with van der Waals surface area (Å²) in [5.41, 5.74) is 2.83. The monoisotopic (exact) mass is 440 g/mol. The van der Waals surface area contributed by atoms with Gasteiger partial charge in [-0.1, -0.05) is 48.5 Å². The number of fused-ring (bicyclic) bond motifs is 1. The maximum atomic E-state index is 13.5. The average Bonchev–Trinajstić information content (AvgIpc) is 2.86. The molecule has 0 N–H and O–H groups in total. The van der Waals surface area contributed by atoms with E-state index in [1.807, 2.05) is 36.4 Å². The first-order valence-electron chi connectivity index (χ1n) is 11.2. The molecule has 0 saturated heterocycles. The lowest BCUT2D eigenvalue weighted by Gasteiger charge is -2.22. The smallest absolute Gasteiger partial charge is 0.279 e. The zero-order chi connectivity index (χ0) is 23.4. The molecule has 6 heteroatoms. The predicted molar refractivity (Wildman–Crippen MR) is 133 cm³/mol. The number of amides is 1. The van der Waals surface area contributed by atoms with Crippen molar-refractivity contribution in [2.45, 2.75) is 20.4 Å². The highest BCUT2D eigenvalue weighted by molar-refractivity contribution is 6.04. The molecule has 0 aliphatic carbocycles. The van der Waals surface area contributed by atoms with Crippen molar-refractivity contribution in [1.29, 1.82) is 0 Å². The normalized spacial score (nSPS) is 10.9. The van der Waals surface area contributed by atoms with Gasteiger partial charge in [0.05, 0.1) is 11.1 Å². The largest absolute Gasteiger partial charge is 0.372 e. The molecule has 0 unspecified atom stereocenters. The van der Waals surface area contributed by atoms with Gasteiger partial charge in [-0.05, 0) is 49.7 Å². The molecule has 0 spiro atoms. The molecule has 1 heterocycles. The summed E-state index contributed by atoms with van der Waals surface area (Å²) in [6, 6.07) is 24.6. The van der Waals surface area contributed by atoms with E-state index in [-0.39, 0.29) is 17.2 Å². The molecule has 6 nitrogen and oxygen atoms in total. The standard InChI is InChI=1S/C27H28N4O2/c1-4-30(5-2)21-17-15-20(16-18-21)19-29(3)27(33)25-23-13-9-10-14-24(23)26(32)31(28-25)22-11-7-6-8-12-22/h6-18H,4-5,19H2,1-3H3. The molecule has 168 valence electrons. The van der Waals surface area contributed by atoms with Crippen LogP contribution in [0.1, 0.15) is 29.9 Å². The highest BCUT2D eigenvalue weighted by Gasteiger charge is 2.20. The third-order valence-corrected chi connectivity index (χ3v) is 5.84. The van der Waals surface area contributed by atoms with Gasteiger partial charge in [-0.15, -0.1) is 0 Å². The van der Waals surface area contributed by atoms with Gasteiger partial charge in [-0.3, -0.25) is 9.59 Å². The molecular formula is C27H28N4O2. The maximum absolute atomic E-state index is 13.5. The molecule has 1 aromatic heterocycles. The molecule has 4 aromatic rings. The van der Waals surface area contributed by atoms with Gasteiger partial charge >= 0.3 is 0 Å². The molecule has 0 atom stereocenters. The Morgan fingerprint density at radius 1 is 0.848 bits per heavy atom. The molecule has 0 aliphatic heterocycles. The number of rotatable bonds is 7. The van der Waals surface area contributed by atoms with E-state index in [1.54, 1.807) is 42.3 Å². The molecule has 0 fully saturated rings. The Labute approximate surface area is 193 Å². The number of benzene rings is 3. The number of aromatic nitrogens is 2. The van der Waals surface area contributed by atoms with E-state index in [2.05, 4.69) is 36.0 Å². The fraction of sp³-hybridized carbons (Fsp3) is 0.222. The molecular weight excluding hydrogens is 412 g/mol. The minimum Gasteiger partial charge on any atom is -0.372 e. The Balaban J connectivity index is 1.68. The van der Waals surface area contributed by atoms with Gasteiger partial charge in [0.25, 0.3) is 11.5 Å². The topological polar surface area (TPSA) is 58.4 Å². The molecule has 0 saturated carbocycles. The van der Waals surface area contributed by atoms with Crippen LogP contribution in [0.25, 0.3) is 16.5 Å². The van der Waals surface area contributed by atoms with Crippen molar-refractivity contribution >= 4 is 22.4 Å². The first-order valence-corrected chi connectivity index (χ1v) is 11.2. The summed E-state index contributed by atoms with van der Waals surface area (Å²) in [6.45, 7) is 6.61. The van der Waals surface area contributed by atoms with Gasteiger partial charge in [-0.2, -0.15) is 9.78 Å². The van der Waals surface area contributed by atoms with Crippen LogP contribution in [0, 0.1) is 0 Å². The fourth-order valence-corrected chi connectivity index (χ4v) is 4.02. The second kappa shape index (κ2) is 9.69. The van der Waals surface area contributed by atoms with E-state index in [4.69, 9.17) is 0 Å². The van der Waals surface area contributed by atoms with Gasteiger partial charge in [0, 0.05) is 37.8 Å². The van der Waals surface area contributed by atoms with Gasteiger partial charge < -0.3 is 9.80 Å². The zero-order valence-electron chi connectivity index (χ0n) is 19.2. The summed E-state index contributed by atoms with van der Waals surface area (Å²) in [4.78, 5) is 30.5. The van der Waals surface area contributed by atoms with Crippen LogP contribution in [-0.4, -0.2) is 40.7 Å². The van der Waals surface area contributed by atoms with Crippen molar-refractivity contribution in [3.63, 3.8) is 0 Å². The SMILES string of the molecule is CCN(CC)c1ccc(CN(C)C(=O)c2nn(-c3ccccc3)c(=O)c3ccccc23)cc1. The Kier molecular flexibility index (Phi) is 6.54. The average molecular weight is 441 g/mol. The van der Waals surface area contributed by atoms with Gasteiger partial charge in [0.2, 0.25) is 0 Å². The maximum Gasteiger partial charge on any atom is 0.279 e. The highest BCUT2D eigenvalue weighted by atomic mass is 16.2. The van der Waals surface area contributed by atoms with Crippen molar-refractivity contribution in [2.24, 2.45) is 0 Å². The Morgan fingerprint density at radius 3 is 2.09 bits per heavy atom. The van der Waals surface area contributed by atoms with Crippen molar-refractivity contribution in [3.8, 4) is 5.69 Å². The molecule has 33 heavy (non-hydrogen) atoms. The predicted octanol–water partition coefficient (Wildman–Crippen LogP) is 4.50. The lowest BCUT2D eigenvalue weighted by Crippen LogP contribution is -2.31. The van der Waals surface area contributed by atoms with E-state index in [0.29, 0.717) is 23.0 Å².